The molecule has 5 heterocycles. The summed E-state index contributed by atoms with van der Waals surface area (Å²) in [5.41, 5.74) is 15.7. The van der Waals surface area contributed by atoms with Gasteiger partial charge in [-0.2, -0.15) is 0 Å². The van der Waals surface area contributed by atoms with E-state index in [1.807, 2.05) is 54.6 Å². The van der Waals surface area contributed by atoms with Gasteiger partial charge in [-0.05, 0) is 146 Å². The van der Waals surface area contributed by atoms with E-state index in [2.05, 4.69) is 18.8 Å². The molecule has 14 heteroatoms. The summed E-state index contributed by atoms with van der Waals surface area (Å²) in [6.45, 7) is 1.91. The molecular formula is C51H62N3NaO9S. The molecule has 0 aromatic heterocycles. The Kier molecular flexibility index (Phi) is 14.3. The Bertz CT molecular complexity index is 2460. The van der Waals surface area contributed by atoms with Crippen molar-refractivity contribution < 1.29 is 72.4 Å². The number of allylic oxidation sites excluding steroid dienone is 1. The number of fused-ring (bicyclic) bond motifs is 9. The molecule has 0 spiro atoms. The number of benzene rings is 3. The van der Waals surface area contributed by atoms with Gasteiger partial charge in [0.1, 0.15) is 17.6 Å². The number of nitrogens with two attached hydrogens (primary N) is 2. The summed E-state index contributed by atoms with van der Waals surface area (Å²) in [5.74, 6) is 4.78. The van der Waals surface area contributed by atoms with Crippen LogP contribution in [0.4, 0.5) is 0 Å². The number of phenolic OH excluding ortho intramolecular Hbond substituents is 1. The maximum absolute atomic E-state index is 14.1. The number of rotatable bonds is 8. The van der Waals surface area contributed by atoms with Crippen LogP contribution in [0.5, 0.6) is 11.5 Å². The summed E-state index contributed by atoms with van der Waals surface area (Å²) in [6.07, 6.45) is 8.19. The van der Waals surface area contributed by atoms with Gasteiger partial charge in [-0.1, -0.05) is 74.1 Å². The fourth-order valence-electron chi connectivity index (χ4n) is 12.6. The molecular weight excluding hydrogens is 854 g/mol. The maximum Gasteiger partial charge on any atom is 1.00 e. The Morgan fingerprint density at radius 2 is 1.77 bits per heavy atom. The molecule has 12 nitrogen and oxygen atoms in total. The second-order valence-electron chi connectivity index (χ2n) is 19.8. The minimum absolute atomic E-state index is 0. The zero-order valence-corrected chi connectivity index (χ0v) is 40.4. The Labute approximate surface area is 405 Å². The molecule has 0 radical (unpaired) electrons. The Morgan fingerprint density at radius 1 is 1.02 bits per heavy atom. The third-order valence-corrected chi connectivity index (χ3v) is 17.0. The normalized spacial score (nSPS) is 31.6. The number of aryl methyl sites for hydroxylation is 1. The molecule has 0 amide bonds. The fourth-order valence-corrected chi connectivity index (χ4v) is 13.7. The van der Waals surface area contributed by atoms with Crippen molar-refractivity contribution >= 4 is 16.1 Å². The number of nitrogens with zero attached hydrogens (tertiary/aromatic N) is 1. The van der Waals surface area contributed by atoms with Crippen molar-refractivity contribution in [2.75, 3.05) is 13.2 Å². The van der Waals surface area contributed by atoms with Gasteiger partial charge in [0.05, 0.1) is 27.1 Å². The van der Waals surface area contributed by atoms with Crippen LogP contribution >= 0.6 is 0 Å². The molecule has 8 aliphatic rings. The number of hydrogen-bond acceptors (Lipinski definition) is 10. The van der Waals surface area contributed by atoms with Gasteiger partial charge in [-0.15, -0.1) is 0 Å². The van der Waals surface area contributed by atoms with Crippen molar-refractivity contribution in [3.05, 3.63) is 106 Å². The smallest absolute Gasteiger partial charge is 0.748 e. The molecule has 11 unspecified atom stereocenters. The Balaban J connectivity index is 0.00000576. The number of hydrogen-bond donors (Lipinski definition) is 6. The van der Waals surface area contributed by atoms with Gasteiger partial charge >= 0.3 is 29.6 Å². The molecule has 3 aromatic rings. The predicted molar refractivity (Wildman–Crippen MR) is 242 cm³/mol. The van der Waals surface area contributed by atoms with Crippen LogP contribution in [0.25, 0.3) is 0 Å². The van der Waals surface area contributed by atoms with E-state index in [-0.39, 0.29) is 97.1 Å². The Hall–Kier alpha value is -3.42. The topological polar surface area (TPSA) is 221 Å². The minimum Gasteiger partial charge on any atom is -0.748 e. The average molecular weight is 916 g/mol. The van der Waals surface area contributed by atoms with E-state index >= 15 is 0 Å². The van der Waals surface area contributed by atoms with Crippen LogP contribution < -0.4 is 45.8 Å². The number of ether oxygens (including phenoxy) is 2. The summed E-state index contributed by atoms with van der Waals surface area (Å²) < 4.78 is 56.3. The predicted octanol–water partition coefficient (Wildman–Crippen LogP) is 3.51. The first-order valence-electron chi connectivity index (χ1n) is 23.3. The van der Waals surface area contributed by atoms with Crippen LogP contribution in [0, 0.1) is 41.4 Å². The number of guanidine groups is 1. The largest absolute Gasteiger partial charge is 1.00 e. The third-order valence-electron chi connectivity index (χ3n) is 15.8. The van der Waals surface area contributed by atoms with Crippen LogP contribution in [0.1, 0.15) is 135 Å². The van der Waals surface area contributed by atoms with Crippen LogP contribution in [-0.2, 0) is 27.0 Å². The number of phenols is 1. The summed E-state index contributed by atoms with van der Waals surface area (Å²) in [4.78, 5) is 4.89. The molecule has 11 atom stereocenters. The van der Waals surface area contributed by atoms with Crippen LogP contribution in [0.15, 0.2) is 77.3 Å². The average Bonchev–Trinajstić information content (AvgIpc) is 3.65. The molecule has 65 heavy (non-hydrogen) atoms. The van der Waals surface area contributed by atoms with Gasteiger partial charge in [-0.3, -0.25) is 0 Å². The van der Waals surface area contributed by atoms with Gasteiger partial charge in [0.2, 0.25) is 5.72 Å². The fraction of sp³-hybridized carbons (Fsp3) is 0.549. The summed E-state index contributed by atoms with van der Waals surface area (Å²) in [6, 6.07) is 18.7. The van der Waals surface area contributed by atoms with Gasteiger partial charge in [-0.25, -0.2) is 13.4 Å². The Morgan fingerprint density at radius 3 is 2.48 bits per heavy atom. The van der Waals surface area contributed by atoms with E-state index in [1.165, 1.54) is 0 Å². The summed E-state index contributed by atoms with van der Waals surface area (Å²) in [7, 11) is -4.91. The van der Waals surface area contributed by atoms with Crippen molar-refractivity contribution in [1.82, 2.24) is 0 Å². The van der Waals surface area contributed by atoms with E-state index in [0.29, 0.717) is 61.8 Å². The quantitative estimate of drug-likeness (QED) is 0.0480. The van der Waals surface area contributed by atoms with E-state index in [9.17, 15) is 33.4 Å². The summed E-state index contributed by atoms with van der Waals surface area (Å²) >= 11 is 0. The number of aliphatic hydroxyl groups excluding tert-OH is 2. The first kappa shape index (κ1) is 48.1. The molecule has 1 saturated carbocycles. The van der Waals surface area contributed by atoms with Crippen LogP contribution in [0.2, 0.25) is 0 Å². The number of aliphatic hydroxyl groups is 3. The molecule has 342 valence electrons. The van der Waals surface area contributed by atoms with E-state index < -0.39 is 50.6 Å². The minimum atomic E-state index is -4.91. The third kappa shape index (κ3) is 9.68. The molecule has 8 N–H and O–H groups in total. The first-order valence-corrected chi connectivity index (χ1v) is 24.7. The van der Waals surface area contributed by atoms with Crippen molar-refractivity contribution in [1.29, 1.82) is 0 Å². The second-order valence-corrected chi connectivity index (χ2v) is 21.4. The monoisotopic (exact) mass is 915 g/mol. The van der Waals surface area contributed by atoms with Crippen molar-refractivity contribution in [2.24, 2.45) is 46.0 Å². The molecule has 11 rings (SSSR count). The van der Waals surface area contributed by atoms with E-state index in [1.54, 1.807) is 12.1 Å². The SMILES string of the molecule is CC1CCc2cc3ccc2C1CC(S(=O)(=O)[O-])C1C=C2CC(CC4CC(CO)CC#Cc5cc(O)ccc5C2O4)C1c1ccc(cc1)C(CC(CCO)C1(O)CCCC1)(N=C(N)N)O3.[Na+]. The van der Waals surface area contributed by atoms with E-state index in [0.717, 1.165) is 53.5 Å². The maximum atomic E-state index is 14.1. The second kappa shape index (κ2) is 19.3. The molecule has 5 aliphatic heterocycles. The van der Waals surface area contributed by atoms with Crippen molar-refractivity contribution in [3.63, 3.8) is 0 Å². The van der Waals surface area contributed by atoms with Crippen molar-refractivity contribution in [3.8, 4) is 23.3 Å². The van der Waals surface area contributed by atoms with Gasteiger partial charge in [0.25, 0.3) is 0 Å². The van der Waals surface area contributed by atoms with Crippen molar-refractivity contribution in [2.45, 2.75) is 131 Å². The van der Waals surface area contributed by atoms with Gasteiger partial charge in [0.15, 0.2) is 5.96 Å². The molecule has 2 fully saturated rings. The zero-order valence-electron chi connectivity index (χ0n) is 37.6. The first-order chi connectivity index (χ1) is 30.7. The molecule has 3 aliphatic carbocycles. The zero-order chi connectivity index (χ0) is 45.0. The number of aromatic hydroxyl groups is 1. The molecule has 10 bridgehead atoms. The van der Waals surface area contributed by atoms with Gasteiger partial charge in [0, 0.05) is 42.7 Å². The van der Waals surface area contributed by atoms with Crippen LogP contribution in [0.3, 0.4) is 0 Å². The van der Waals surface area contributed by atoms with E-state index in [4.69, 9.17) is 25.9 Å². The van der Waals surface area contributed by atoms with Gasteiger partial charge < -0.3 is 45.9 Å². The standard InChI is InChI=1S/C51H63N3O9S.Na/c1-30-7-8-34-24-40-14-16-42(34)44(30)27-46(64(59,60)61)45-26-36-22-35(25-41-21-31(29-56)5-4-6-33-23-39(57)13-15-43(33)48(36)62-41)47(45)32-9-11-37(12-10-32)51(63-40,54-49(52)53)28-38(17-20-55)50(58)18-2-3-19-50;/h9-16,23-24,26,30-31,35,38,41,44-48,55-58H,2-3,5,7-8,17-22,25,27-29H2,1H3,(H4,52,53,54)(H,59,60,61);/q;+1/p-1. The molecule has 3 aromatic carbocycles. The summed E-state index contributed by atoms with van der Waals surface area (Å²) in [5, 5.41) is 42.3. The molecule has 1 saturated heterocycles. The van der Waals surface area contributed by atoms with Crippen LogP contribution in [-0.4, -0.2) is 69.5 Å². The number of aliphatic imine (C=N–C) groups is 1.